The number of benzene rings is 1. The molecule has 0 saturated carbocycles. The van der Waals surface area contributed by atoms with Gasteiger partial charge in [-0.3, -0.25) is 4.79 Å². The standard InChI is InChI=1S/C16H19FN2O2/c1-2-9-18-10-11-19-16(20)15-8-7-14(21-15)12-5-3-4-6-13(12)17/h3-8,18H,2,9-11H2,1H3,(H,19,20). The van der Waals surface area contributed by atoms with Gasteiger partial charge in [0.15, 0.2) is 5.76 Å². The molecule has 0 bridgehead atoms. The number of furan rings is 1. The Morgan fingerprint density at radius 3 is 2.71 bits per heavy atom. The Balaban J connectivity index is 1.94. The van der Waals surface area contributed by atoms with Crippen LogP contribution < -0.4 is 10.6 Å². The highest BCUT2D eigenvalue weighted by molar-refractivity contribution is 5.92. The lowest BCUT2D eigenvalue weighted by Crippen LogP contribution is -2.31. The summed E-state index contributed by atoms with van der Waals surface area (Å²) >= 11 is 0. The van der Waals surface area contributed by atoms with Crippen LogP contribution >= 0.6 is 0 Å². The first-order valence-corrected chi connectivity index (χ1v) is 7.06. The van der Waals surface area contributed by atoms with E-state index < -0.39 is 0 Å². The molecule has 0 aliphatic rings. The van der Waals surface area contributed by atoms with Crippen molar-refractivity contribution in [1.29, 1.82) is 0 Å². The second-order valence-electron chi connectivity index (χ2n) is 4.65. The molecular formula is C16H19FN2O2. The Morgan fingerprint density at radius 2 is 1.95 bits per heavy atom. The summed E-state index contributed by atoms with van der Waals surface area (Å²) in [5, 5.41) is 5.93. The lowest BCUT2D eigenvalue weighted by molar-refractivity contribution is 0.0927. The minimum Gasteiger partial charge on any atom is -0.451 e. The van der Waals surface area contributed by atoms with Crippen LogP contribution in [-0.2, 0) is 0 Å². The van der Waals surface area contributed by atoms with E-state index in [1.165, 1.54) is 6.07 Å². The van der Waals surface area contributed by atoms with E-state index in [-0.39, 0.29) is 17.5 Å². The molecule has 21 heavy (non-hydrogen) atoms. The molecule has 0 radical (unpaired) electrons. The largest absolute Gasteiger partial charge is 0.451 e. The summed E-state index contributed by atoms with van der Waals surface area (Å²) < 4.78 is 19.1. The molecule has 1 aromatic carbocycles. The van der Waals surface area contributed by atoms with Gasteiger partial charge in [-0.1, -0.05) is 19.1 Å². The highest BCUT2D eigenvalue weighted by atomic mass is 19.1. The normalized spacial score (nSPS) is 10.6. The molecule has 0 atom stereocenters. The number of nitrogens with one attached hydrogen (secondary N) is 2. The van der Waals surface area contributed by atoms with Crippen LogP contribution in [0.25, 0.3) is 11.3 Å². The average molecular weight is 290 g/mol. The van der Waals surface area contributed by atoms with Crippen LogP contribution in [0.1, 0.15) is 23.9 Å². The van der Waals surface area contributed by atoms with Crippen LogP contribution in [0.15, 0.2) is 40.8 Å². The summed E-state index contributed by atoms with van der Waals surface area (Å²) in [5.41, 5.74) is 0.348. The van der Waals surface area contributed by atoms with Gasteiger partial charge in [0.2, 0.25) is 0 Å². The van der Waals surface area contributed by atoms with Gasteiger partial charge in [0.1, 0.15) is 11.6 Å². The predicted molar refractivity (Wildman–Crippen MR) is 79.6 cm³/mol. The summed E-state index contributed by atoms with van der Waals surface area (Å²) in [6.07, 6.45) is 1.05. The van der Waals surface area contributed by atoms with Gasteiger partial charge in [0.05, 0.1) is 5.56 Å². The summed E-state index contributed by atoms with van der Waals surface area (Å²) in [4.78, 5) is 11.9. The maximum atomic E-state index is 13.6. The first-order chi connectivity index (χ1) is 10.2. The zero-order valence-corrected chi connectivity index (χ0v) is 12.0. The fourth-order valence-electron chi connectivity index (χ4n) is 1.92. The van der Waals surface area contributed by atoms with Gasteiger partial charge < -0.3 is 15.1 Å². The van der Waals surface area contributed by atoms with Crippen LogP contribution in [0.5, 0.6) is 0 Å². The van der Waals surface area contributed by atoms with Gasteiger partial charge in [0.25, 0.3) is 5.91 Å². The van der Waals surface area contributed by atoms with Crippen molar-refractivity contribution in [2.75, 3.05) is 19.6 Å². The summed E-state index contributed by atoms with van der Waals surface area (Å²) in [6, 6.07) is 9.46. The molecule has 1 heterocycles. The molecule has 0 unspecified atom stereocenters. The third-order valence-electron chi connectivity index (χ3n) is 2.98. The van der Waals surface area contributed by atoms with Gasteiger partial charge in [0, 0.05) is 13.1 Å². The zero-order chi connectivity index (χ0) is 15.1. The van der Waals surface area contributed by atoms with Crippen molar-refractivity contribution in [3.8, 4) is 11.3 Å². The first-order valence-electron chi connectivity index (χ1n) is 7.06. The van der Waals surface area contributed by atoms with Gasteiger partial charge in [-0.25, -0.2) is 4.39 Å². The Morgan fingerprint density at radius 1 is 1.14 bits per heavy atom. The van der Waals surface area contributed by atoms with Gasteiger partial charge in [-0.2, -0.15) is 0 Å². The maximum Gasteiger partial charge on any atom is 0.287 e. The molecular weight excluding hydrogens is 271 g/mol. The summed E-state index contributed by atoms with van der Waals surface area (Å²) in [6.45, 7) is 4.24. The van der Waals surface area contributed by atoms with Crippen molar-refractivity contribution in [3.05, 3.63) is 48.0 Å². The third-order valence-corrected chi connectivity index (χ3v) is 2.98. The Hall–Kier alpha value is -2.14. The average Bonchev–Trinajstić information content (AvgIpc) is 2.97. The molecule has 112 valence electrons. The topological polar surface area (TPSA) is 54.3 Å². The molecule has 0 aliphatic carbocycles. The van der Waals surface area contributed by atoms with Crippen molar-refractivity contribution < 1.29 is 13.6 Å². The summed E-state index contributed by atoms with van der Waals surface area (Å²) in [7, 11) is 0. The van der Waals surface area contributed by atoms with E-state index in [0.29, 0.717) is 24.4 Å². The quantitative estimate of drug-likeness (QED) is 0.771. The number of rotatable bonds is 7. The second-order valence-corrected chi connectivity index (χ2v) is 4.65. The van der Waals surface area contributed by atoms with Crippen LogP contribution in [0.3, 0.4) is 0 Å². The van der Waals surface area contributed by atoms with Crippen molar-refractivity contribution >= 4 is 5.91 Å². The Labute approximate surface area is 123 Å². The monoisotopic (exact) mass is 290 g/mol. The molecule has 4 nitrogen and oxygen atoms in total. The van der Waals surface area contributed by atoms with Gasteiger partial charge in [-0.15, -0.1) is 0 Å². The molecule has 1 amide bonds. The number of amides is 1. The molecule has 0 fully saturated rings. The first kappa shape index (κ1) is 15.3. The molecule has 2 aromatic rings. The van der Waals surface area contributed by atoms with Crippen molar-refractivity contribution in [2.24, 2.45) is 0 Å². The third kappa shape index (κ3) is 4.16. The molecule has 5 heteroatoms. The Bertz CT molecular complexity index is 595. The molecule has 0 aliphatic heterocycles. The lowest BCUT2D eigenvalue weighted by atomic mass is 10.1. The van der Waals surface area contributed by atoms with Crippen LogP contribution in [-0.4, -0.2) is 25.5 Å². The molecule has 2 rings (SSSR count). The molecule has 0 saturated heterocycles. The second kappa shape index (κ2) is 7.59. The SMILES string of the molecule is CCCNCCNC(=O)c1ccc(-c2ccccc2F)o1. The van der Waals surface area contributed by atoms with Crippen LogP contribution in [0.4, 0.5) is 4.39 Å². The minimum atomic E-state index is -0.373. The van der Waals surface area contributed by atoms with Crippen molar-refractivity contribution in [2.45, 2.75) is 13.3 Å². The van der Waals surface area contributed by atoms with E-state index >= 15 is 0 Å². The van der Waals surface area contributed by atoms with E-state index in [4.69, 9.17) is 4.42 Å². The van der Waals surface area contributed by atoms with E-state index in [0.717, 1.165) is 13.0 Å². The van der Waals surface area contributed by atoms with E-state index in [2.05, 4.69) is 17.6 Å². The van der Waals surface area contributed by atoms with Crippen molar-refractivity contribution in [1.82, 2.24) is 10.6 Å². The number of halogens is 1. The van der Waals surface area contributed by atoms with Crippen LogP contribution in [0.2, 0.25) is 0 Å². The molecule has 2 N–H and O–H groups in total. The zero-order valence-electron chi connectivity index (χ0n) is 12.0. The van der Waals surface area contributed by atoms with E-state index in [9.17, 15) is 9.18 Å². The fourth-order valence-corrected chi connectivity index (χ4v) is 1.92. The Kier molecular flexibility index (Phi) is 5.51. The molecule has 1 aromatic heterocycles. The van der Waals surface area contributed by atoms with E-state index in [1.807, 2.05) is 0 Å². The van der Waals surface area contributed by atoms with Crippen LogP contribution in [0, 0.1) is 5.82 Å². The highest BCUT2D eigenvalue weighted by Crippen LogP contribution is 2.24. The number of hydrogen-bond acceptors (Lipinski definition) is 3. The fraction of sp³-hybridized carbons (Fsp3) is 0.312. The summed E-state index contributed by atoms with van der Waals surface area (Å²) in [5.74, 6) is -0.135. The number of carbonyl (C=O) groups excluding carboxylic acids is 1. The smallest absolute Gasteiger partial charge is 0.287 e. The van der Waals surface area contributed by atoms with Gasteiger partial charge >= 0.3 is 0 Å². The van der Waals surface area contributed by atoms with Gasteiger partial charge in [-0.05, 0) is 37.2 Å². The predicted octanol–water partition coefficient (Wildman–Crippen LogP) is 2.82. The minimum absolute atomic E-state index is 0.184. The highest BCUT2D eigenvalue weighted by Gasteiger charge is 2.13. The molecule has 0 spiro atoms. The lowest BCUT2D eigenvalue weighted by Gasteiger charge is -2.04. The number of hydrogen-bond donors (Lipinski definition) is 2. The van der Waals surface area contributed by atoms with Crippen molar-refractivity contribution in [3.63, 3.8) is 0 Å². The number of carbonyl (C=O) groups is 1. The maximum absolute atomic E-state index is 13.6. The van der Waals surface area contributed by atoms with E-state index in [1.54, 1.807) is 30.3 Å².